The molecule has 2 fully saturated rings. The predicted octanol–water partition coefficient (Wildman–Crippen LogP) is 3.22. The molecule has 0 unspecified atom stereocenters. The summed E-state index contributed by atoms with van der Waals surface area (Å²) in [6.07, 6.45) is 6.37. The molecule has 0 amide bonds. The zero-order valence-corrected chi connectivity index (χ0v) is 12.5. The molecule has 20 heavy (non-hydrogen) atoms. The van der Waals surface area contributed by atoms with Crippen LogP contribution in [0.2, 0.25) is 5.02 Å². The molecule has 0 spiro atoms. The highest BCUT2D eigenvalue weighted by molar-refractivity contribution is 6.33. The van der Waals surface area contributed by atoms with E-state index < -0.39 is 0 Å². The molecule has 0 bridgehead atoms. The standard InChI is InChI=1S/C16H21ClN2O/c17-15-7-3-4-13(12-20)16(15)19-10-8-18(9-11-19)14-5-1-2-6-14/h3-4,7,12,14H,1-2,5-6,8-11H2. The third kappa shape index (κ3) is 2.70. The molecular formula is C16H21ClN2O. The number of benzene rings is 1. The van der Waals surface area contributed by atoms with E-state index in [0.29, 0.717) is 10.6 Å². The Morgan fingerprint density at radius 3 is 2.45 bits per heavy atom. The molecule has 1 heterocycles. The monoisotopic (exact) mass is 292 g/mol. The molecule has 3 rings (SSSR count). The topological polar surface area (TPSA) is 23.6 Å². The molecule has 0 radical (unpaired) electrons. The average molecular weight is 293 g/mol. The van der Waals surface area contributed by atoms with Gasteiger partial charge < -0.3 is 4.90 Å². The SMILES string of the molecule is O=Cc1cccc(Cl)c1N1CCN(C2CCCC2)CC1. The van der Waals surface area contributed by atoms with Gasteiger partial charge in [-0.05, 0) is 25.0 Å². The first-order valence-electron chi connectivity index (χ1n) is 7.52. The molecule has 1 saturated carbocycles. The van der Waals surface area contributed by atoms with Gasteiger partial charge >= 0.3 is 0 Å². The van der Waals surface area contributed by atoms with E-state index >= 15 is 0 Å². The fourth-order valence-corrected chi connectivity index (χ4v) is 3.84. The number of halogens is 1. The van der Waals surface area contributed by atoms with Crippen molar-refractivity contribution >= 4 is 23.6 Å². The first-order chi connectivity index (χ1) is 9.79. The minimum atomic E-state index is 0.684. The number of carbonyl (C=O) groups is 1. The van der Waals surface area contributed by atoms with Crippen LogP contribution in [0.4, 0.5) is 5.69 Å². The van der Waals surface area contributed by atoms with E-state index in [4.69, 9.17) is 11.6 Å². The number of rotatable bonds is 3. The highest BCUT2D eigenvalue weighted by atomic mass is 35.5. The van der Waals surface area contributed by atoms with Gasteiger partial charge in [-0.2, -0.15) is 0 Å². The van der Waals surface area contributed by atoms with Crippen molar-refractivity contribution < 1.29 is 4.79 Å². The Bertz CT molecular complexity index is 477. The first kappa shape index (κ1) is 13.9. The van der Waals surface area contributed by atoms with Crippen LogP contribution in [-0.2, 0) is 0 Å². The number of nitrogens with zero attached hydrogens (tertiary/aromatic N) is 2. The second-order valence-corrected chi connectivity index (χ2v) is 6.16. The van der Waals surface area contributed by atoms with Crippen LogP contribution in [0.1, 0.15) is 36.0 Å². The molecule has 1 aliphatic carbocycles. The van der Waals surface area contributed by atoms with E-state index in [2.05, 4.69) is 9.80 Å². The predicted molar refractivity (Wildman–Crippen MR) is 82.9 cm³/mol. The number of piperazine rings is 1. The van der Waals surface area contributed by atoms with Gasteiger partial charge in [0.2, 0.25) is 0 Å². The van der Waals surface area contributed by atoms with E-state index in [1.165, 1.54) is 25.7 Å². The Kier molecular flexibility index (Phi) is 4.27. The summed E-state index contributed by atoms with van der Waals surface area (Å²) in [4.78, 5) is 16.1. The van der Waals surface area contributed by atoms with Gasteiger partial charge in [0, 0.05) is 37.8 Å². The summed E-state index contributed by atoms with van der Waals surface area (Å²) in [7, 11) is 0. The molecule has 1 saturated heterocycles. The summed E-state index contributed by atoms with van der Waals surface area (Å²) in [6.45, 7) is 4.07. The maximum Gasteiger partial charge on any atom is 0.152 e. The average Bonchev–Trinajstić information content (AvgIpc) is 3.01. The van der Waals surface area contributed by atoms with E-state index in [-0.39, 0.29) is 0 Å². The van der Waals surface area contributed by atoms with Crippen LogP contribution in [-0.4, -0.2) is 43.4 Å². The van der Waals surface area contributed by atoms with Gasteiger partial charge in [-0.15, -0.1) is 0 Å². The highest BCUT2D eigenvalue weighted by Crippen LogP contribution is 2.31. The molecule has 0 aromatic heterocycles. The van der Waals surface area contributed by atoms with E-state index in [0.717, 1.165) is 44.2 Å². The normalized spacial score (nSPS) is 21.4. The Hall–Kier alpha value is -1.06. The summed E-state index contributed by atoms with van der Waals surface area (Å²) in [5.41, 5.74) is 1.61. The van der Waals surface area contributed by atoms with Crippen molar-refractivity contribution in [2.24, 2.45) is 0 Å². The summed E-state index contributed by atoms with van der Waals surface area (Å²) >= 11 is 6.29. The van der Waals surface area contributed by atoms with E-state index in [1.807, 2.05) is 18.2 Å². The van der Waals surface area contributed by atoms with Crippen LogP contribution < -0.4 is 4.90 Å². The van der Waals surface area contributed by atoms with Crippen molar-refractivity contribution in [2.75, 3.05) is 31.1 Å². The first-order valence-corrected chi connectivity index (χ1v) is 7.90. The Morgan fingerprint density at radius 1 is 1.10 bits per heavy atom. The molecule has 1 aliphatic heterocycles. The fraction of sp³-hybridized carbons (Fsp3) is 0.562. The van der Waals surface area contributed by atoms with Gasteiger partial charge in [0.25, 0.3) is 0 Å². The molecule has 1 aromatic rings. The Morgan fingerprint density at radius 2 is 1.80 bits per heavy atom. The zero-order valence-electron chi connectivity index (χ0n) is 11.7. The zero-order chi connectivity index (χ0) is 13.9. The van der Waals surface area contributed by atoms with Crippen molar-refractivity contribution in [3.63, 3.8) is 0 Å². The third-order valence-corrected chi connectivity index (χ3v) is 4.92. The van der Waals surface area contributed by atoms with Crippen LogP contribution in [0, 0.1) is 0 Å². The quantitative estimate of drug-likeness (QED) is 0.799. The summed E-state index contributed by atoms with van der Waals surface area (Å²) < 4.78 is 0. The molecule has 108 valence electrons. The molecule has 0 N–H and O–H groups in total. The van der Waals surface area contributed by atoms with Crippen LogP contribution in [0.5, 0.6) is 0 Å². The van der Waals surface area contributed by atoms with Crippen molar-refractivity contribution in [1.29, 1.82) is 0 Å². The summed E-state index contributed by atoms with van der Waals surface area (Å²) in [6, 6.07) is 6.34. The van der Waals surface area contributed by atoms with Crippen LogP contribution in [0.3, 0.4) is 0 Å². The summed E-state index contributed by atoms with van der Waals surface area (Å²) in [5, 5.41) is 0.684. The molecule has 1 aromatic carbocycles. The van der Waals surface area contributed by atoms with Crippen molar-refractivity contribution in [3.8, 4) is 0 Å². The fourth-order valence-electron chi connectivity index (χ4n) is 3.54. The number of hydrogen-bond acceptors (Lipinski definition) is 3. The van der Waals surface area contributed by atoms with Gasteiger partial charge in [-0.1, -0.05) is 30.5 Å². The third-order valence-electron chi connectivity index (χ3n) is 4.62. The number of carbonyl (C=O) groups excluding carboxylic acids is 1. The largest absolute Gasteiger partial charge is 0.367 e. The van der Waals surface area contributed by atoms with Crippen molar-refractivity contribution in [1.82, 2.24) is 4.90 Å². The molecular weight excluding hydrogens is 272 g/mol. The lowest BCUT2D eigenvalue weighted by atomic mass is 10.1. The molecule has 4 heteroatoms. The number of anilines is 1. The number of aldehydes is 1. The van der Waals surface area contributed by atoms with Crippen molar-refractivity contribution in [3.05, 3.63) is 28.8 Å². The van der Waals surface area contributed by atoms with Crippen LogP contribution in [0.15, 0.2) is 18.2 Å². The molecule has 2 aliphatic rings. The van der Waals surface area contributed by atoms with Crippen LogP contribution >= 0.6 is 11.6 Å². The van der Waals surface area contributed by atoms with Gasteiger partial charge in [-0.3, -0.25) is 9.69 Å². The van der Waals surface area contributed by atoms with Crippen molar-refractivity contribution in [2.45, 2.75) is 31.7 Å². The maximum absolute atomic E-state index is 11.2. The highest BCUT2D eigenvalue weighted by Gasteiger charge is 2.27. The van der Waals surface area contributed by atoms with Gasteiger partial charge in [0.05, 0.1) is 10.7 Å². The minimum absolute atomic E-state index is 0.684. The second-order valence-electron chi connectivity index (χ2n) is 5.76. The second kappa shape index (κ2) is 6.15. The van der Waals surface area contributed by atoms with Crippen LogP contribution in [0.25, 0.3) is 0 Å². The maximum atomic E-state index is 11.2. The lowest BCUT2D eigenvalue weighted by Gasteiger charge is -2.39. The number of hydrogen-bond donors (Lipinski definition) is 0. The smallest absolute Gasteiger partial charge is 0.152 e. The van der Waals surface area contributed by atoms with Gasteiger partial charge in [0.15, 0.2) is 6.29 Å². The van der Waals surface area contributed by atoms with Gasteiger partial charge in [-0.25, -0.2) is 0 Å². The minimum Gasteiger partial charge on any atom is -0.367 e. The number of para-hydroxylation sites is 1. The molecule has 0 atom stereocenters. The Labute approximate surface area is 125 Å². The van der Waals surface area contributed by atoms with E-state index in [1.54, 1.807) is 0 Å². The summed E-state index contributed by atoms with van der Waals surface area (Å²) in [5.74, 6) is 0. The lowest BCUT2D eigenvalue weighted by molar-refractivity contribution is 0.112. The van der Waals surface area contributed by atoms with Gasteiger partial charge in [0.1, 0.15) is 0 Å². The lowest BCUT2D eigenvalue weighted by Crippen LogP contribution is -2.50. The Balaban J connectivity index is 1.70. The van der Waals surface area contributed by atoms with E-state index in [9.17, 15) is 4.79 Å². The molecule has 3 nitrogen and oxygen atoms in total.